The van der Waals surface area contributed by atoms with Crippen molar-refractivity contribution in [2.24, 2.45) is 7.05 Å². The van der Waals surface area contributed by atoms with E-state index in [-0.39, 0.29) is 10.4 Å². The minimum Gasteiger partial charge on any atom is -0.317 e. The Labute approximate surface area is 101 Å². The Bertz CT molecular complexity index is 488. The molecule has 6 nitrogen and oxygen atoms in total. The quantitative estimate of drug-likeness (QED) is 0.790. The average molecular weight is 258 g/mol. The maximum absolute atomic E-state index is 12.1. The molecule has 0 spiro atoms. The molecule has 1 fully saturated rings. The summed E-state index contributed by atoms with van der Waals surface area (Å²) in [4.78, 5) is 0.222. The first-order chi connectivity index (χ1) is 7.91. The van der Waals surface area contributed by atoms with E-state index in [1.165, 1.54) is 17.1 Å². The predicted octanol–water partition coefficient (Wildman–Crippen LogP) is -0.159. The summed E-state index contributed by atoms with van der Waals surface area (Å²) < 4.78 is 28.5. The number of piperidine rings is 1. The summed E-state index contributed by atoms with van der Waals surface area (Å²) in [6.45, 7) is 3.62. The number of aryl methyl sites for hydroxylation is 1. The molecule has 1 aliphatic rings. The van der Waals surface area contributed by atoms with Crippen LogP contribution in [0.2, 0.25) is 0 Å². The van der Waals surface area contributed by atoms with E-state index in [9.17, 15) is 8.42 Å². The first-order valence-electron chi connectivity index (χ1n) is 5.65. The van der Waals surface area contributed by atoms with Crippen LogP contribution in [0.15, 0.2) is 17.3 Å². The van der Waals surface area contributed by atoms with Crippen LogP contribution >= 0.6 is 0 Å². The second-order valence-corrected chi connectivity index (χ2v) is 6.45. The molecular weight excluding hydrogens is 240 g/mol. The highest BCUT2D eigenvalue weighted by Crippen LogP contribution is 2.20. The molecule has 1 aliphatic heterocycles. The zero-order valence-electron chi connectivity index (χ0n) is 10.1. The zero-order chi connectivity index (χ0) is 12.5. The highest BCUT2D eigenvalue weighted by atomic mass is 32.2. The Morgan fingerprint density at radius 1 is 1.47 bits per heavy atom. The molecule has 1 aromatic rings. The summed E-state index contributed by atoms with van der Waals surface area (Å²) in [7, 11) is -1.76. The highest BCUT2D eigenvalue weighted by molar-refractivity contribution is 7.89. The maximum atomic E-state index is 12.1. The van der Waals surface area contributed by atoms with Gasteiger partial charge in [-0.1, -0.05) is 0 Å². The Morgan fingerprint density at radius 3 is 2.65 bits per heavy atom. The van der Waals surface area contributed by atoms with Crippen molar-refractivity contribution >= 4 is 10.0 Å². The molecule has 0 radical (unpaired) electrons. The number of hydrogen-bond donors (Lipinski definition) is 2. The van der Waals surface area contributed by atoms with Gasteiger partial charge >= 0.3 is 0 Å². The topological polar surface area (TPSA) is 76.0 Å². The predicted molar refractivity (Wildman–Crippen MR) is 64.0 cm³/mol. The number of hydrogen-bond acceptors (Lipinski definition) is 4. The Hall–Kier alpha value is -0.920. The Morgan fingerprint density at radius 2 is 2.12 bits per heavy atom. The summed E-state index contributed by atoms with van der Waals surface area (Å²) in [5.74, 6) is 0. The Balaban J connectivity index is 2.17. The lowest BCUT2D eigenvalue weighted by Gasteiger charge is -2.34. The van der Waals surface area contributed by atoms with Gasteiger partial charge in [0.2, 0.25) is 10.0 Å². The summed E-state index contributed by atoms with van der Waals surface area (Å²) in [6, 6.07) is 0. The summed E-state index contributed by atoms with van der Waals surface area (Å²) in [6.07, 6.45) is 4.47. The van der Waals surface area contributed by atoms with Crippen LogP contribution in [0.1, 0.15) is 19.8 Å². The monoisotopic (exact) mass is 258 g/mol. The van der Waals surface area contributed by atoms with Gasteiger partial charge < -0.3 is 5.32 Å². The smallest absolute Gasteiger partial charge is 0.244 e. The molecule has 0 aromatic carbocycles. The van der Waals surface area contributed by atoms with Crippen LogP contribution in [-0.2, 0) is 17.1 Å². The van der Waals surface area contributed by atoms with Gasteiger partial charge in [0.05, 0.1) is 6.20 Å². The van der Waals surface area contributed by atoms with Gasteiger partial charge in [-0.05, 0) is 32.9 Å². The van der Waals surface area contributed by atoms with Crippen LogP contribution in [0, 0.1) is 0 Å². The van der Waals surface area contributed by atoms with Crippen molar-refractivity contribution in [3.8, 4) is 0 Å². The molecule has 2 heterocycles. The molecule has 0 aliphatic carbocycles. The number of sulfonamides is 1. The van der Waals surface area contributed by atoms with Crippen molar-refractivity contribution in [1.82, 2.24) is 19.8 Å². The highest BCUT2D eigenvalue weighted by Gasteiger charge is 2.32. The fraction of sp³-hybridized carbons (Fsp3) is 0.700. The molecule has 1 saturated heterocycles. The van der Waals surface area contributed by atoms with Gasteiger partial charge in [-0.25, -0.2) is 13.1 Å². The van der Waals surface area contributed by atoms with Crippen LogP contribution in [-0.4, -0.2) is 36.8 Å². The normalized spacial score (nSPS) is 20.4. The van der Waals surface area contributed by atoms with Crippen molar-refractivity contribution < 1.29 is 8.42 Å². The van der Waals surface area contributed by atoms with Gasteiger partial charge in [0.25, 0.3) is 0 Å². The molecule has 1 aromatic heterocycles. The summed E-state index contributed by atoms with van der Waals surface area (Å²) in [5, 5.41) is 7.10. The number of rotatable bonds is 3. The lowest BCUT2D eigenvalue weighted by molar-refractivity contribution is 0.308. The van der Waals surface area contributed by atoms with Crippen LogP contribution < -0.4 is 10.0 Å². The van der Waals surface area contributed by atoms with Crippen LogP contribution in [0.5, 0.6) is 0 Å². The van der Waals surface area contributed by atoms with Crippen LogP contribution in [0.3, 0.4) is 0 Å². The van der Waals surface area contributed by atoms with E-state index in [1.54, 1.807) is 7.05 Å². The van der Waals surface area contributed by atoms with Crippen molar-refractivity contribution in [1.29, 1.82) is 0 Å². The van der Waals surface area contributed by atoms with E-state index in [2.05, 4.69) is 15.1 Å². The fourth-order valence-electron chi connectivity index (χ4n) is 2.00. The van der Waals surface area contributed by atoms with Gasteiger partial charge in [0.1, 0.15) is 4.90 Å². The first-order valence-corrected chi connectivity index (χ1v) is 7.13. The van der Waals surface area contributed by atoms with Crippen LogP contribution in [0.25, 0.3) is 0 Å². The lowest BCUT2D eigenvalue weighted by Crippen LogP contribution is -2.52. The Kier molecular flexibility index (Phi) is 3.24. The summed E-state index contributed by atoms with van der Waals surface area (Å²) >= 11 is 0. The molecule has 2 N–H and O–H groups in total. The van der Waals surface area contributed by atoms with E-state index < -0.39 is 10.0 Å². The van der Waals surface area contributed by atoms with E-state index in [0.717, 1.165) is 25.9 Å². The molecule has 0 saturated carbocycles. The molecule has 17 heavy (non-hydrogen) atoms. The third kappa shape index (κ3) is 2.85. The van der Waals surface area contributed by atoms with Crippen molar-refractivity contribution in [3.63, 3.8) is 0 Å². The second kappa shape index (κ2) is 4.40. The number of aromatic nitrogens is 2. The first kappa shape index (κ1) is 12.5. The molecule has 2 rings (SSSR count). The molecule has 0 amide bonds. The third-order valence-electron chi connectivity index (χ3n) is 3.08. The SMILES string of the molecule is Cn1cc(S(=O)(=O)NC2(C)CCNCC2)cn1. The minimum atomic E-state index is -3.46. The lowest BCUT2D eigenvalue weighted by atomic mass is 9.92. The molecule has 0 atom stereocenters. The van der Waals surface area contributed by atoms with E-state index in [1.807, 2.05) is 6.92 Å². The van der Waals surface area contributed by atoms with Gasteiger partial charge in [0, 0.05) is 18.8 Å². The van der Waals surface area contributed by atoms with E-state index in [4.69, 9.17) is 0 Å². The largest absolute Gasteiger partial charge is 0.317 e. The van der Waals surface area contributed by atoms with E-state index >= 15 is 0 Å². The average Bonchev–Trinajstić information content (AvgIpc) is 2.65. The number of nitrogens with one attached hydrogen (secondary N) is 2. The maximum Gasteiger partial charge on any atom is 0.244 e. The standard InChI is InChI=1S/C10H18N4O2S/c1-10(3-5-11-6-4-10)13-17(15,16)9-7-12-14(2)8-9/h7-8,11,13H,3-6H2,1-2H3. The van der Waals surface area contributed by atoms with Gasteiger partial charge in [-0.2, -0.15) is 5.10 Å². The van der Waals surface area contributed by atoms with Crippen molar-refractivity contribution in [2.45, 2.75) is 30.2 Å². The van der Waals surface area contributed by atoms with Gasteiger partial charge in [0.15, 0.2) is 0 Å². The van der Waals surface area contributed by atoms with Crippen molar-refractivity contribution in [3.05, 3.63) is 12.4 Å². The molecular formula is C10H18N4O2S. The number of nitrogens with zero attached hydrogens (tertiary/aromatic N) is 2. The fourth-order valence-corrected chi connectivity index (χ4v) is 3.45. The van der Waals surface area contributed by atoms with Gasteiger partial charge in [-0.3, -0.25) is 4.68 Å². The molecule has 7 heteroatoms. The molecule has 0 unspecified atom stereocenters. The van der Waals surface area contributed by atoms with E-state index in [0.29, 0.717) is 0 Å². The van der Waals surface area contributed by atoms with Gasteiger partial charge in [-0.15, -0.1) is 0 Å². The minimum absolute atomic E-state index is 0.222. The summed E-state index contributed by atoms with van der Waals surface area (Å²) in [5.41, 5.74) is -0.361. The zero-order valence-corrected chi connectivity index (χ0v) is 10.9. The molecule has 96 valence electrons. The molecule has 0 bridgehead atoms. The second-order valence-electron chi connectivity index (χ2n) is 4.77. The van der Waals surface area contributed by atoms with Crippen molar-refractivity contribution in [2.75, 3.05) is 13.1 Å². The van der Waals surface area contributed by atoms with Crippen LogP contribution in [0.4, 0.5) is 0 Å². The third-order valence-corrected chi connectivity index (χ3v) is 4.67.